The van der Waals surface area contributed by atoms with Crippen LogP contribution in [0, 0.1) is 20.2 Å². The van der Waals surface area contributed by atoms with E-state index in [4.69, 9.17) is 140 Å². The van der Waals surface area contributed by atoms with Crippen LogP contribution in [0.15, 0.2) is 69.7 Å². The molecular formula is C34H24Cl10N4O9. The summed E-state index contributed by atoms with van der Waals surface area (Å²) in [5, 5.41) is 23.8. The summed E-state index contributed by atoms with van der Waals surface area (Å²) in [6.07, 6.45) is 0.614. The second kappa shape index (κ2) is 22.5. The van der Waals surface area contributed by atoms with Crippen LogP contribution in [0.3, 0.4) is 0 Å². The fraction of sp³-hybridized carbons (Fsp3) is 0.235. The number of hydrogen-bond donors (Lipinski definition) is 0. The Morgan fingerprint density at radius 1 is 0.614 bits per heavy atom. The molecule has 0 aliphatic heterocycles. The number of nitrogens with zero attached hydrogens (tertiary/aromatic N) is 4. The van der Waals surface area contributed by atoms with Crippen LogP contribution in [0.2, 0.25) is 30.4 Å². The number of hydrogen-bond acceptors (Lipinski definition) is 11. The quantitative estimate of drug-likeness (QED) is 0.0359. The highest BCUT2D eigenvalue weighted by molar-refractivity contribution is 6.56. The van der Waals surface area contributed by atoms with Gasteiger partial charge in [-0.3, -0.25) is 20.2 Å². The van der Waals surface area contributed by atoms with Crippen LogP contribution in [0.5, 0.6) is 23.3 Å². The molecule has 2 aromatic heterocycles. The van der Waals surface area contributed by atoms with Gasteiger partial charge in [0.2, 0.25) is 0 Å². The van der Waals surface area contributed by atoms with E-state index in [1.165, 1.54) is 48.6 Å². The Balaban J connectivity index is 1.61. The Morgan fingerprint density at radius 2 is 0.965 bits per heavy atom. The van der Waals surface area contributed by atoms with Crippen LogP contribution in [0.25, 0.3) is 0 Å². The van der Waals surface area contributed by atoms with Gasteiger partial charge < -0.3 is 23.7 Å². The lowest BCUT2D eigenvalue weighted by Gasteiger charge is -2.23. The van der Waals surface area contributed by atoms with Crippen molar-refractivity contribution >= 4 is 127 Å². The van der Waals surface area contributed by atoms with Gasteiger partial charge in [0.05, 0.1) is 43.2 Å². The summed E-state index contributed by atoms with van der Waals surface area (Å²) in [5.74, 6) is -0.297. The lowest BCUT2D eigenvalue weighted by atomic mass is 10.1. The highest BCUT2D eigenvalue weighted by Crippen LogP contribution is 2.42. The summed E-state index contributed by atoms with van der Waals surface area (Å²) in [5.41, 5.74) is -0.506. The Morgan fingerprint density at radius 3 is 1.28 bits per heavy atom. The second-order valence-electron chi connectivity index (χ2n) is 11.0. The summed E-state index contributed by atoms with van der Waals surface area (Å²) >= 11 is 61.4. The average Bonchev–Trinajstić information content (AvgIpc) is 3.10. The number of ether oxygens (including phenoxy) is 5. The largest absolute Gasteiger partial charge is 0.489 e. The molecule has 0 saturated carbocycles. The zero-order chi connectivity index (χ0) is 41.8. The van der Waals surface area contributed by atoms with E-state index in [9.17, 15) is 20.2 Å². The molecule has 0 amide bonds. The molecule has 2 aromatic carbocycles. The van der Waals surface area contributed by atoms with Crippen molar-refractivity contribution in [3.63, 3.8) is 0 Å². The number of halogens is 10. The Hall–Kier alpha value is -2.92. The van der Waals surface area contributed by atoms with Crippen LogP contribution in [0.1, 0.15) is 36.2 Å². The second-order valence-corrected chi connectivity index (χ2v) is 15.5. The first-order chi connectivity index (χ1) is 27.0. The molecule has 0 saturated heterocycles. The van der Waals surface area contributed by atoms with Gasteiger partial charge in [0.1, 0.15) is 56.2 Å². The standard InChI is InChI=1S/C34H24Cl10N4O9/c35-19-13-17(54-11-7-27(39)40)14-20(36)31(19)25(56-33-23(47(49)50)1-3-29(43)45-33)5-9-53-10-6-26(57-34-24(48(51)52)2-4-30(44)46-34)32-21(37)15-18(16-22(32)38)55-12-8-28(41)42/h1-4,7-8,13-16,25-26H,5-6,9-12H2. The van der Waals surface area contributed by atoms with Crippen LogP contribution in [0.4, 0.5) is 11.4 Å². The third-order valence-corrected chi connectivity index (χ3v) is 9.58. The highest BCUT2D eigenvalue weighted by atomic mass is 35.5. The molecule has 304 valence electrons. The van der Waals surface area contributed by atoms with Gasteiger partial charge in [-0.05, 0) is 48.6 Å². The lowest BCUT2D eigenvalue weighted by Crippen LogP contribution is -2.16. The zero-order valence-corrected chi connectivity index (χ0v) is 36.0. The fourth-order valence-electron chi connectivity index (χ4n) is 4.85. The maximum atomic E-state index is 11.8. The van der Waals surface area contributed by atoms with Crippen molar-refractivity contribution in [2.24, 2.45) is 0 Å². The molecule has 2 unspecified atom stereocenters. The van der Waals surface area contributed by atoms with Gasteiger partial charge in [0.15, 0.2) is 0 Å². The van der Waals surface area contributed by atoms with Gasteiger partial charge in [0, 0.05) is 36.1 Å². The summed E-state index contributed by atoms with van der Waals surface area (Å²) in [6.45, 7) is -0.143. The van der Waals surface area contributed by atoms with Crippen LogP contribution >= 0.6 is 116 Å². The number of rotatable bonds is 20. The number of benzene rings is 2. The van der Waals surface area contributed by atoms with Crippen LogP contribution in [-0.4, -0.2) is 46.2 Å². The van der Waals surface area contributed by atoms with Crippen molar-refractivity contribution < 1.29 is 33.5 Å². The van der Waals surface area contributed by atoms with Gasteiger partial charge >= 0.3 is 11.4 Å². The maximum absolute atomic E-state index is 11.8. The van der Waals surface area contributed by atoms with Gasteiger partial charge in [-0.15, -0.1) is 0 Å². The molecule has 2 heterocycles. The van der Waals surface area contributed by atoms with Crippen molar-refractivity contribution in [1.29, 1.82) is 0 Å². The predicted octanol–water partition coefficient (Wildman–Crippen LogP) is 13.3. The molecule has 0 radical (unpaired) electrons. The monoisotopic (exact) mass is 982 g/mol. The SMILES string of the molecule is O=[N+]([O-])c1ccc(Cl)nc1OC(CCOCCC(Oc1nc(Cl)ccc1[N+](=O)[O-])c1c(Cl)cc(OCC=C(Cl)Cl)cc1Cl)c1c(Cl)cc(OCC=C(Cl)Cl)cc1Cl. The van der Waals surface area contributed by atoms with E-state index in [1.807, 2.05) is 0 Å². The van der Waals surface area contributed by atoms with E-state index in [2.05, 4.69) is 9.97 Å². The van der Waals surface area contributed by atoms with Gasteiger partial charge in [-0.1, -0.05) is 116 Å². The molecule has 13 nitrogen and oxygen atoms in total. The summed E-state index contributed by atoms with van der Waals surface area (Å²) < 4.78 is 29.2. The molecule has 0 aliphatic carbocycles. The number of aromatic nitrogens is 2. The normalized spacial score (nSPS) is 12.0. The van der Waals surface area contributed by atoms with E-state index >= 15 is 0 Å². The van der Waals surface area contributed by atoms with E-state index < -0.39 is 45.2 Å². The Labute approximate surface area is 374 Å². The summed E-state index contributed by atoms with van der Waals surface area (Å²) in [6, 6.07) is 10.5. The molecule has 0 fully saturated rings. The van der Waals surface area contributed by atoms with E-state index in [-0.39, 0.29) is 101 Å². The zero-order valence-electron chi connectivity index (χ0n) is 28.4. The van der Waals surface area contributed by atoms with Gasteiger partial charge in [0.25, 0.3) is 11.8 Å². The van der Waals surface area contributed by atoms with Crippen LogP contribution in [-0.2, 0) is 4.74 Å². The molecule has 4 rings (SSSR count). The number of nitro groups is 2. The minimum absolute atomic E-state index is 0.00198. The average molecular weight is 987 g/mol. The topological polar surface area (TPSA) is 158 Å². The third-order valence-electron chi connectivity index (χ3n) is 7.29. The van der Waals surface area contributed by atoms with Crippen molar-refractivity contribution in [2.45, 2.75) is 25.0 Å². The van der Waals surface area contributed by atoms with Gasteiger partial charge in [-0.25, -0.2) is 0 Å². The summed E-state index contributed by atoms with van der Waals surface area (Å²) in [4.78, 5) is 30.3. The maximum Gasteiger partial charge on any atom is 0.331 e. The number of pyridine rings is 2. The van der Waals surface area contributed by atoms with Crippen molar-refractivity contribution in [1.82, 2.24) is 9.97 Å². The highest BCUT2D eigenvalue weighted by Gasteiger charge is 2.29. The Kier molecular flexibility index (Phi) is 18.4. The van der Waals surface area contributed by atoms with Crippen molar-refractivity contribution in [3.05, 3.63) is 131 Å². The molecule has 0 N–H and O–H groups in total. The third kappa shape index (κ3) is 14.1. The predicted molar refractivity (Wildman–Crippen MR) is 222 cm³/mol. The molecule has 2 atom stereocenters. The van der Waals surface area contributed by atoms with E-state index in [1.54, 1.807) is 0 Å². The lowest BCUT2D eigenvalue weighted by molar-refractivity contribution is -0.386. The molecule has 57 heavy (non-hydrogen) atoms. The molecule has 0 spiro atoms. The van der Waals surface area contributed by atoms with Crippen molar-refractivity contribution in [3.8, 4) is 23.3 Å². The fourth-order valence-corrected chi connectivity index (χ4v) is 6.81. The molecular weight excluding hydrogens is 963 g/mol. The van der Waals surface area contributed by atoms with E-state index in [0.29, 0.717) is 0 Å². The molecule has 4 aromatic rings. The first kappa shape index (κ1) is 46.8. The molecule has 0 aliphatic rings. The minimum atomic E-state index is -1.09. The molecule has 0 bridgehead atoms. The smallest absolute Gasteiger partial charge is 0.331 e. The Bertz CT molecular complexity index is 1960. The van der Waals surface area contributed by atoms with E-state index in [0.717, 1.165) is 12.1 Å². The van der Waals surface area contributed by atoms with Crippen LogP contribution < -0.4 is 18.9 Å². The molecule has 23 heteroatoms. The first-order valence-corrected chi connectivity index (χ1v) is 19.6. The first-order valence-electron chi connectivity index (χ1n) is 15.8. The van der Waals surface area contributed by atoms with Crippen molar-refractivity contribution in [2.75, 3.05) is 26.4 Å². The minimum Gasteiger partial charge on any atom is -0.489 e. The van der Waals surface area contributed by atoms with Gasteiger partial charge in [-0.2, -0.15) is 9.97 Å². The summed E-state index contributed by atoms with van der Waals surface area (Å²) in [7, 11) is 0.